The van der Waals surface area contributed by atoms with Crippen LogP contribution in [0.25, 0.3) is 0 Å². The molecule has 3 N–H and O–H groups in total. The van der Waals surface area contributed by atoms with Gasteiger partial charge >= 0.3 is 0 Å². The van der Waals surface area contributed by atoms with Crippen LogP contribution in [-0.4, -0.2) is 9.97 Å². The van der Waals surface area contributed by atoms with E-state index in [4.69, 9.17) is 11.0 Å². The van der Waals surface area contributed by atoms with Crippen molar-refractivity contribution in [2.75, 3.05) is 5.32 Å². The summed E-state index contributed by atoms with van der Waals surface area (Å²) >= 11 is 1.29. The second-order valence-corrected chi connectivity index (χ2v) is 4.05. The Morgan fingerprint density at radius 3 is 3.06 bits per heavy atom. The van der Waals surface area contributed by atoms with E-state index < -0.39 is 0 Å². The molecule has 0 atom stereocenters. The summed E-state index contributed by atoms with van der Waals surface area (Å²) < 4.78 is 0. The van der Waals surface area contributed by atoms with Gasteiger partial charge in [-0.15, -0.1) is 0 Å². The average Bonchev–Trinajstić information content (AvgIpc) is 2.77. The maximum absolute atomic E-state index is 8.66. The van der Waals surface area contributed by atoms with Crippen LogP contribution in [-0.2, 0) is 6.54 Å². The summed E-state index contributed by atoms with van der Waals surface area (Å²) in [7, 11) is 0. The Bertz CT molecular complexity index is 528. The van der Waals surface area contributed by atoms with Crippen LogP contribution >= 0.6 is 11.3 Å². The molecule has 16 heavy (non-hydrogen) atoms. The summed E-state index contributed by atoms with van der Waals surface area (Å²) in [6, 6.07) is 5.74. The molecule has 0 aromatic carbocycles. The largest absolute Gasteiger partial charge is 0.326 e. The molecule has 0 aliphatic rings. The number of rotatable bonds is 3. The number of nitrogens with zero attached hydrogens (tertiary/aromatic N) is 3. The molecule has 0 saturated carbocycles. The van der Waals surface area contributed by atoms with Crippen LogP contribution in [0.3, 0.4) is 0 Å². The number of thiazole rings is 1. The first kappa shape index (κ1) is 10.5. The van der Waals surface area contributed by atoms with Crippen molar-refractivity contribution in [1.82, 2.24) is 9.97 Å². The zero-order valence-electron chi connectivity index (χ0n) is 8.34. The molecule has 0 unspecified atom stereocenters. The van der Waals surface area contributed by atoms with Crippen molar-refractivity contribution >= 4 is 22.3 Å². The van der Waals surface area contributed by atoms with Gasteiger partial charge in [-0.1, -0.05) is 11.3 Å². The molecule has 0 bridgehead atoms. The van der Waals surface area contributed by atoms with Gasteiger partial charge in [-0.2, -0.15) is 5.26 Å². The first-order chi connectivity index (χ1) is 7.81. The molecule has 6 heteroatoms. The van der Waals surface area contributed by atoms with Gasteiger partial charge in [0, 0.05) is 12.7 Å². The minimum atomic E-state index is 0.471. The lowest BCUT2D eigenvalue weighted by atomic mass is 10.2. The van der Waals surface area contributed by atoms with Crippen LogP contribution < -0.4 is 11.1 Å². The standard InChI is InChI=1S/C10H9N5S/c11-4-7-1-2-13-9(3-7)15-10-14-6-8(5-12)16-10/h1-3,6H,4,11H2,(H,13,14,15). The van der Waals surface area contributed by atoms with Gasteiger partial charge in [0.05, 0.1) is 6.20 Å². The number of aromatic nitrogens is 2. The predicted molar refractivity (Wildman–Crippen MR) is 62.2 cm³/mol. The van der Waals surface area contributed by atoms with E-state index in [1.54, 1.807) is 6.20 Å². The smallest absolute Gasteiger partial charge is 0.189 e. The van der Waals surface area contributed by atoms with Gasteiger partial charge in [0.1, 0.15) is 16.8 Å². The van der Waals surface area contributed by atoms with Crippen molar-refractivity contribution in [2.45, 2.75) is 6.54 Å². The minimum absolute atomic E-state index is 0.471. The number of hydrogen-bond acceptors (Lipinski definition) is 6. The second-order valence-electron chi connectivity index (χ2n) is 3.02. The van der Waals surface area contributed by atoms with Crippen molar-refractivity contribution in [3.63, 3.8) is 0 Å². The molecule has 2 aromatic heterocycles. The molecular formula is C10H9N5S. The maximum atomic E-state index is 8.66. The van der Waals surface area contributed by atoms with Gasteiger partial charge in [0.2, 0.25) is 0 Å². The summed E-state index contributed by atoms with van der Waals surface area (Å²) in [5.41, 5.74) is 6.52. The Labute approximate surface area is 96.6 Å². The van der Waals surface area contributed by atoms with E-state index in [0.717, 1.165) is 5.56 Å². The van der Waals surface area contributed by atoms with Crippen molar-refractivity contribution in [3.8, 4) is 6.07 Å². The van der Waals surface area contributed by atoms with Crippen LogP contribution in [0.1, 0.15) is 10.4 Å². The third-order valence-electron chi connectivity index (χ3n) is 1.91. The molecule has 2 aromatic rings. The maximum Gasteiger partial charge on any atom is 0.189 e. The molecular weight excluding hydrogens is 222 g/mol. The van der Waals surface area contributed by atoms with Gasteiger partial charge in [0.15, 0.2) is 5.13 Å². The Kier molecular flexibility index (Phi) is 3.10. The number of nitrogens with one attached hydrogen (secondary N) is 1. The van der Waals surface area contributed by atoms with E-state index in [2.05, 4.69) is 15.3 Å². The minimum Gasteiger partial charge on any atom is -0.326 e. The summed E-state index contributed by atoms with van der Waals surface area (Å²) in [4.78, 5) is 8.75. The fourth-order valence-electron chi connectivity index (χ4n) is 1.16. The SMILES string of the molecule is N#Cc1cnc(Nc2cc(CN)ccn2)s1. The Morgan fingerprint density at radius 2 is 2.38 bits per heavy atom. The Hall–Kier alpha value is -1.97. The number of anilines is 2. The molecule has 0 aliphatic heterocycles. The predicted octanol–water partition coefficient (Wildman–Crippen LogP) is 1.61. The topological polar surface area (TPSA) is 87.6 Å². The van der Waals surface area contributed by atoms with Crippen LogP contribution in [0.15, 0.2) is 24.5 Å². The lowest BCUT2D eigenvalue weighted by Gasteiger charge is -2.02. The summed E-state index contributed by atoms with van der Waals surface area (Å²) in [5, 5.41) is 12.3. The summed E-state index contributed by atoms with van der Waals surface area (Å²) in [6.45, 7) is 0.471. The van der Waals surface area contributed by atoms with E-state index in [0.29, 0.717) is 22.4 Å². The fourth-order valence-corrected chi connectivity index (χ4v) is 1.78. The molecule has 2 rings (SSSR count). The normalized spacial score (nSPS) is 9.75. The highest BCUT2D eigenvalue weighted by molar-refractivity contribution is 7.16. The van der Waals surface area contributed by atoms with E-state index in [9.17, 15) is 0 Å². The lowest BCUT2D eigenvalue weighted by Crippen LogP contribution is -1.99. The van der Waals surface area contributed by atoms with Crippen molar-refractivity contribution in [2.24, 2.45) is 5.73 Å². The van der Waals surface area contributed by atoms with Gasteiger partial charge in [-0.3, -0.25) is 0 Å². The van der Waals surface area contributed by atoms with Gasteiger partial charge in [-0.25, -0.2) is 9.97 Å². The molecule has 0 saturated heterocycles. The fraction of sp³-hybridized carbons (Fsp3) is 0.100. The van der Waals surface area contributed by atoms with Crippen molar-refractivity contribution in [1.29, 1.82) is 5.26 Å². The molecule has 2 heterocycles. The van der Waals surface area contributed by atoms with E-state index in [-0.39, 0.29) is 0 Å². The molecule has 5 nitrogen and oxygen atoms in total. The number of hydrogen-bond donors (Lipinski definition) is 2. The van der Waals surface area contributed by atoms with Crippen LogP contribution in [0.2, 0.25) is 0 Å². The number of nitriles is 1. The third kappa shape index (κ3) is 2.34. The van der Waals surface area contributed by atoms with E-state index in [1.807, 2.05) is 18.2 Å². The monoisotopic (exact) mass is 231 g/mol. The van der Waals surface area contributed by atoms with Gasteiger partial charge in [-0.05, 0) is 17.7 Å². The van der Waals surface area contributed by atoms with E-state index in [1.165, 1.54) is 17.5 Å². The molecule has 0 aliphatic carbocycles. The quantitative estimate of drug-likeness (QED) is 0.837. The molecule has 0 spiro atoms. The first-order valence-electron chi connectivity index (χ1n) is 4.60. The third-order valence-corrected chi connectivity index (χ3v) is 2.73. The highest BCUT2D eigenvalue weighted by Crippen LogP contribution is 2.20. The molecule has 0 fully saturated rings. The van der Waals surface area contributed by atoms with Gasteiger partial charge < -0.3 is 11.1 Å². The zero-order valence-corrected chi connectivity index (χ0v) is 9.16. The van der Waals surface area contributed by atoms with Crippen LogP contribution in [0.4, 0.5) is 10.9 Å². The van der Waals surface area contributed by atoms with Gasteiger partial charge in [0.25, 0.3) is 0 Å². The summed E-state index contributed by atoms with van der Waals surface area (Å²) in [6.07, 6.45) is 3.21. The van der Waals surface area contributed by atoms with Crippen LogP contribution in [0.5, 0.6) is 0 Å². The Morgan fingerprint density at radius 1 is 1.50 bits per heavy atom. The zero-order chi connectivity index (χ0) is 11.4. The Balaban J connectivity index is 2.17. The molecule has 0 amide bonds. The molecule has 80 valence electrons. The van der Waals surface area contributed by atoms with Crippen molar-refractivity contribution < 1.29 is 0 Å². The first-order valence-corrected chi connectivity index (χ1v) is 5.41. The van der Waals surface area contributed by atoms with E-state index >= 15 is 0 Å². The number of nitrogens with two attached hydrogens (primary N) is 1. The second kappa shape index (κ2) is 4.70. The molecule has 0 radical (unpaired) electrons. The number of pyridine rings is 1. The van der Waals surface area contributed by atoms with Crippen molar-refractivity contribution in [3.05, 3.63) is 35.0 Å². The average molecular weight is 231 g/mol. The summed E-state index contributed by atoms with van der Waals surface area (Å²) in [5.74, 6) is 0.682. The van der Waals surface area contributed by atoms with Crippen LogP contribution in [0, 0.1) is 11.3 Å². The lowest BCUT2D eigenvalue weighted by molar-refractivity contribution is 1.06. The highest BCUT2D eigenvalue weighted by Gasteiger charge is 2.02. The highest BCUT2D eigenvalue weighted by atomic mass is 32.1.